The van der Waals surface area contributed by atoms with Gasteiger partial charge in [0.1, 0.15) is 0 Å². The maximum atomic E-state index is 9.98. The van der Waals surface area contributed by atoms with Gasteiger partial charge in [-0.1, -0.05) is 35.9 Å². The summed E-state index contributed by atoms with van der Waals surface area (Å²) >= 11 is 5.79. The van der Waals surface area contributed by atoms with Crippen molar-refractivity contribution < 1.29 is 5.11 Å². The maximum absolute atomic E-state index is 9.98. The molecule has 1 aromatic carbocycles. The minimum atomic E-state index is -0.485. The smallest absolute Gasteiger partial charge is 0.0916 e. The molecule has 0 aliphatic rings. The Morgan fingerprint density at radius 3 is 2.50 bits per heavy atom. The molecular formula is C13H18ClNO. The molecule has 1 atom stereocenters. The number of likely N-dealkylation sites (N-methyl/N-ethyl adjacent to an activating group) is 1. The second-order valence-electron chi connectivity index (χ2n) is 4.22. The standard InChI is InChI=1S/C13H18ClNO/c1-10(2)8-15(3)9-13(16)11-4-6-12(14)7-5-11/h4-7,13,16H,1,8-9H2,2-3H3. The van der Waals surface area contributed by atoms with E-state index in [2.05, 4.69) is 6.58 Å². The van der Waals surface area contributed by atoms with Crippen LogP contribution in [0.1, 0.15) is 18.6 Å². The van der Waals surface area contributed by atoms with Crippen LogP contribution in [0.2, 0.25) is 5.02 Å². The van der Waals surface area contributed by atoms with E-state index in [-0.39, 0.29) is 0 Å². The van der Waals surface area contributed by atoms with Crippen LogP contribution < -0.4 is 0 Å². The second kappa shape index (κ2) is 6.04. The van der Waals surface area contributed by atoms with E-state index >= 15 is 0 Å². The van der Waals surface area contributed by atoms with Crippen molar-refractivity contribution >= 4 is 11.6 Å². The third-order valence-electron chi connectivity index (χ3n) is 2.28. The number of hydrogen-bond acceptors (Lipinski definition) is 2. The lowest BCUT2D eigenvalue weighted by Gasteiger charge is -2.20. The van der Waals surface area contributed by atoms with Gasteiger partial charge in [-0.25, -0.2) is 0 Å². The van der Waals surface area contributed by atoms with Crippen molar-refractivity contribution in [3.63, 3.8) is 0 Å². The molecule has 0 heterocycles. The van der Waals surface area contributed by atoms with Crippen LogP contribution in [-0.2, 0) is 0 Å². The average molecular weight is 240 g/mol. The van der Waals surface area contributed by atoms with E-state index in [4.69, 9.17) is 11.6 Å². The van der Waals surface area contributed by atoms with Crippen LogP contribution in [0.5, 0.6) is 0 Å². The molecule has 0 spiro atoms. The van der Waals surface area contributed by atoms with Gasteiger partial charge in [0, 0.05) is 18.1 Å². The molecule has 2 nitrogen and oxygen atoms in total. The molecule has 16 heavy (non-hydrogen) atoms. The molecule has 0 saturated heterocycles. The van der Waals surface area contributed by atoms with Crippen LogP contribution in [0.25, 0.3) is 0 Å². The highest BCUT2D eigenvalue weighted by Gasteiger charge is 2.10. The fourth-order valence-corrected chi connectivity index (χ4v) is 1.74. The summed E-state index contributed by atoms with van der Waals surface area (Å²) in [6, 6.07) is 7.28. The van der Waals surface area contributed by atoms with Crippen molar-refractivity contribution in [2.75, 3.05) is 20.1 Å². The fraction of sp³-hybridized carbons (Fsp3) is 0.385. The second-order valence-corrected chi connectivity index (χ2v) is 4.66. The van der Waals surface area contributed by atoms with Crippen LogP contribution in [0.4, 0.5) is 0 Å². The quantitative estimate of drug-likeness (QED) is 0.799. The lowest BCUT2D eigenvalue weighted by Crippen LogP contribution is -2.26. The van der Waals surface area contributed by atoms with E-state index in [1.54, 1.807) is 12.1 Å². The number of aliphatic hydroxyl groups is 1. The molecule has 1 N–H and O–H groups in total. The predicted octanol–water partition coefficient (Wildman–Crippen LogP) is 2.88. The van der Waals surface area contributed by atoms with Crippen molar-refractivity contribution in [1.82, 2.24) is 4.90 Å². The first-order valence-corrected chi connectivity index (χ1v) is 5.63. The molecule has 0 fully saturated rings. The molecule has 3 heteroatoms. The van der Waals surface area contributed by atoms with Crippen molar-refractivity contribution in [3.8, 4) is 0 Å². The minimum Gasteiger partial charge on any atom is -0.387 e. The molecule has 0 saturated carbocycles. The van der Waals surface area contributed by atoms with Crippen LogP contribution in [0.15, 0.2) is 36.4 Å². The third kappa shape index (κ3) is 4.35. The van der Waals surface area contributed by atoms with E-state index in [0.717, 1.165) is 17.7 Å². The van der Waals surface area contributed by atoms with Crippen LogP contribution in [0.3, 0.4) is 0 Å². The van der Waals surface area contributed by atoms with Gasteiger partial charge in [0.05, 0.1) is 6.10 Å². The summed E-state index contributed by atoms with van der Waals surface area (Å²) < 4.78 is 0. The summed E-state index contributed by atoms with van der Waals surface area (Å²) in [6.45, 7) is 7.21. The number of benzene rings is 1. The molecule has 0 bridgehead atoms. The van der Waals surface area contributed by atoms with Gasteiger partial charge in [-0.15, -0.1) is 0 Å². The van der Waals surface area contributed by atoms with E-state index in [1.165, 1.54) is 0 Å². The van der Waals surface area contributed by atoms with Gasteiger partial charge < -0.3 is 5.11 Å². The van der Waals surface area contributed by atoms with Crippen LogP contribution in [0, 0.1) is 0 Å². The fourth-order valence-electron chi connectivity index (χ4n) is 1.61. The highest BCUT2D eigenvalue weighted by atomic mass is 35.5. The lowest BCUT2D eigenvalue weighted by atomic mass is 10.1. The molecular weight excluding hydrogens is 222 g/mol. The van der Waals surface area contributed by atoms with Gasteiger partial charge in [0.15, 0.2) is 0 Å². The monoisotopic (exact) mass is 239 g/mol. The Morgan fingerprint density at radius 2 is 2.00 bits per heavy atom. The highest BCUT2D eigenvalue weighted by molar-refractivity contribution is 6.30. The predicted molar refractivity (Wildman–Crippen MR) is 68.7 cm³/mol. The van der Waals surface area contributed by atoms with Gasteiger partial charge >= 0.3 is 0 Å². The molecule has 0 amide bonds. The van der Waals surface area contributed by atoms with Crippen molar-refractivity contribution in [1.29, 1.82) is 0 Å². The highest BCUT2D eigenvalue weighted by Crippen LogP contribution is 2.17. The minimum absolute atomic E-state index is 0.485. The van der Waals surface area contributed by atoms with Gasteiger partial charge in [-0.2, -0.15) is 0 Å². The molecule has 88 valence electrons. The largest absolute Gasteiger partial charge is 0.387 e. The summed E-state index contributed by atoms with van der Waals surface area (Å²) in [7, 11) is 1.97. The maximum Gasteiger partial charge on any atom is 0.0916 e. The summed E-state index contributed by atoms with van der Waals surface area (Å²) in [5.41, 5.74) is 1.98. The normalized spacial score (nSPS) is 12.8. The first kappa shape index (κ1) is 13.2. The third-order valence-corrected chi connectivity index (χ3v) is 2.53. The molecule has 1 unspecified atom stereocenters. The number of halogens is 1. The Hall–Kier alpha value is -0.830. The number of aliphatic hydroxyl groups excluding tert-OH is 1. The summed E-state index contributed by atoms with van der Waals surface area (Å²) in [5, 5.41) is 10.7. The molecule has 0 aliphatic carbocycles. The lowest BCUT2D eigenvalue weighted by molar-refractivity contribution is 0.131. The first-order valence-electron chi connectivity index (χ1n) is 5.25. The molecule has 0 aromatic heterocycles. The zero-order chi connectivity index (χ0) is 12.1. The Morgan fingerprint density at radius 1 is 1.44 bits per heavy atom. The zero-order valence-electron chi connectivity index (χ0n) is 9.78. The van der Waals surface area contributed by atoms with Crippen molar-refractivity contribution in [2.45, 2.75) is 13.0 Å². The van der Waals surface area contributed by atoms with Crippen LogP contribution in [-0.4, -0.2) is 30.1 Å². The number of rotatable bonds is 5. The topological polar surface area (TPSA) is 23.5 Å². The number of hydrogen-bond donors (Lipinski definition) is 1. The molecule has 0 radical (unpaired) electrons. The van der Waals surface area contributed by atoms with Gasteiger partial charge in [-0.3, -0.25) is 4.90 Å². The number of nitrogens with zero attached hydrogens (tertiary/aromatic N) is 1. The Balaban J connectivity index is 2.54. The van der Waals surface area contributed by atoms with Crippen LogP contribution >= 0.6 is 11.6 Å². The first-order chi connectivity index (χ1) is 7.49. The summed E-state index contributed by atoms with van der Waals surface area (Å²) in [4.78, 5) is 2.04. The Labute approximate surface area is 102 Å². The summed E-state index contributed by atoms with van der Waals surface area (Å²) in [6.07, 6.45) is -0.485. The Kier molecular flexibility index (Phi) is 5.00. The zero-order valence-corrected chi connectivity index (χ0v) is 10.5. The van der Waals surface area contributed by atoms with E-state index in [9.17, 15) is 5.11 Å². The molecule has 1 aromatic rings. The Bertz CT molecular complexity index is 347. The average Bonchev–Trinajstić information content (AvgIpc) is 2.16. The van der Waals surface area contributed by atoms with Crippen molar-refractivity contribution in [2.24, 2.45) is 0 Å². The van der Waals surface area contributed by atoms with Crippen molar-refractivity contribution in [3.05, 3.63) is 47.0 Å². The SMILES string of the molecule is C=C(C)CN(C)CC(O)c1ccc(Cl)cc1. The van der Waals surface area contributed by atoms with E-state index in [0.29, 0.717) is 11.6 Å². The van der Waals surface area contributed by atoms with Gasteiger partial charge in [0.2, 0.25) is 0 Å². The van der Waals surface area contributed by atoms with E-state index in [1.807, 2.05) is 31.0 Å². The molecule has 0 aliphatic heterocycles. The summed E-state index contributed by atoms with van der Waals surface area (Å²) in [5.74, 6) is 0. The van der Waals surface area contributed by atoms with Gasteiger partial charge in [0.25, 0.3) is 0 Å². The van der Waals surface area contributed by atoms with Gasteiger partial charge in [-0.05, 0) is 31.7 Å². The molecule has 1 rings (SSSR count). The van der Waals surface area contributed by atoms with E-state index < -0.39 is 6.10 Å².